The summed E-state index contributed by atoms with van der Waals surface area (Å²) in [5, 5.41) is 9.71. The molecule has 1 unspecified atom stereocenters. The lowest BCUT2D eigenvalue weighted by molar-refractivity contribution is 0.0336. The lowest BCUT2D eigenvalue weighted by Crippen LogP contribution is -2.41. The molecule has 1 aromatic rings. The van der Waals surface area contributed by atoms with Crippen LogP contribution in [0.3, 0.4) is 0 Å². The molecule has 2 saturated carbocycles. The molecule has 1 aromatic carbocycles. The van der Waals surface area contributed by atoms with Crippen molar-refractivity contribution in [3.8, 4) is 5.75 Å². The fourth-order valence-corrected chi connectivity index (χ4v) is 5.83. The molecular formula is C19H26O. The van der Waals surface area contributed by atoms with Gasteiger partial charge in [0.25, 0.3) is 0 Å². The molecule has 1 nitrogen and oxygen atoms in total. The van der Waals surface area contributed by atoms with Crippen LogP contribution in [0.5, 0.6) is 5.75 Å². The van der Waals surface area contributed by atoms with Crippen LogP contribution in [0.25, 0.3) is 0 Å². The first-order valence-electron chi connectivity index (χ1n) is 8.41. The monoisotopic (exact) mass is 270 g/mol. The third-order valence-corrected chi connectivity index (χ3v) is 7.18. The quantitative estimate of drug-likeness (QED) is 0.712. The zero-order valence-electron chi connectivity index (χ0n) is 12.7. The molecule has 1 heteroatoms. The molecular weight excluding hydrogens is 244 g/mol. The minimum atomic E-state index is 0.442. The fourth-order valence-electron chi connectivity index (χ4n) is 5.83. The highest BCUT2D eigenvalue weighted by Gasteiger charge is 2.53. The Hall–Kier alpha value is -0.980. The molecule has 1 N–H and O–H groups in total. The molecule has 0 saturated heterocycles. The number of hydrogen-bond donors (Lipinski definition) is 1. The summed E-state index contributed by atoms with van der Waals surface area (Å²) in [4.78, 5) is 0. The van der Waals surface area contributed by atoms with E-state index in [1.54, 1.807) is 5.56 Å². The number of rotatable bonds is 0. The van der Waals surface area contributed by atoms with Crippen LogP contribution < -0.4 is 0 Å². The highest BCUT2D eigenvalue weighted by Crippen LogP contribution is 2.62. The molecule has 2 fully saturated rings. The Morgan fingerprint density at radius 3 is 2.85 bits per heavy atom. The number of benzene rings is 1. The Morgan fingerprint density at radius 1 is 1.15 bits per heavy atom. The smallest absolute Gasteiger partial charge is 0.115 e. The Kier molecular flexibility index (Phi) is 2.71. The van der Waals surface area contributed by atoms with Gasteiger partial charge in [-0.05, 0) is 90.9 Å². The van der Waals surface area contributed by atoms with Crippen molar-refractivity contribution in [3.63, 3.8) is 0 Å². The van der Waals surface area contributed by atoms with E-state index in [9.17, 15) is 5.11 Å². The molecule has 108 valence electrons. The maximum Gasteiger partial charge on any atom is 0.115 e. The van der Waals surface area contributed by atoms with Gasteiger partial charge in [-0.1, -0.05) is 19.9 Å². The summed E-state index contributed by atoms with van der Waals surface area (Å²) in [5.41, 5.74) is 3.58. The number of aryl methyl sites for hydroxylation is 1. The summed E-state index contributed by atoms with van der Waals surface area (Å²) in [5.74, 6) is 3.96. The maximum absolute atomic E-state index is 9.71. The van der Waals surface area contributed by atoms with E-state index in [-0.39, 0.29) is 0 Å². The standard InChI is InChI=1S/C19H26O/c1-12-3-8-18-17-6-4-13-11-14(20)5-7-15(13)16(17)9-10-19(12,18)2/h5,7,11-12,16-18,20H,3-4,6,8-10H2,1-2H3/t12-,16+,17?,18-,19+/m0/s1. The maximum atomic E-state index is 9.71. The lowest BCUT2D eigenvalue weighted by atomic mass is 9.54. The minimum absolute atomic E-state index is 0.442. The van der Waals surface area contributed by atoms with Crippen molar-refractivity contribution in [2.24, 2.45) is 23.2 Å². The van der Waals surface area contributed by atoms with Gasteiger partial charge in [0.15, 0.2) is 0 Å². The van der Waals surface area contributed by atoms with Gasteiger partial charge in [-0.25, -0.2) is 0 Å². The van der Waals surface area contributed by atoms with E-state index in [0.29, 0.717) is 11.2 Å². The molecule has 0 radical (unpaired) electrons. The summed E-state index contributed by atoms with van der Waals surface area (Å²) in [6, 6.07) is 6.12. The first kappa shape index (κ1) is 12.7. The Morgan fingerprint density at radius 2 is 2.00 bits per heavy atom. The van der Waals surface area contributed by atoms with E-state index >= 15 is 0 Å². The van der Waals surface area contributed by atoms with Gasteiger partial charge in [0.05, 0.1) is 0 Å². The third kappa shape index (κ3) is 1.61. The van der Waals surface area contributed by atoms with Crippen molar-refractivity contribution in [2.75, 3.05) is 0 Å². The van der Waals surface area contributed by atoms with Crippen LogP contribution in [0.2, 0.25) is 0 Å². The molecule has 3 aliphatic rings. The molecule has 3 aliphatic carbocycles. The number of phenolic OH excluding ortho intramolecular Hbond substituents is 1. The van der Waals surface area contributed by atoms with Crippen LogP contribution in [0.4, 0.5) is 0 Å². The number of aromatic hydroxyl groups is 1. The van der Waals surface area contributed by atoms with E-state index in [4.69, 9.17) is 0 Å². The Labute approximate surface area is 122 Å². The van der Waals surface area contributed by atoms with Crippen molar-refractivity contribution in [2.45, 2.75) is 58.3 Å². The van der Waals surface area contributed by atoms with Crippen LogP contribution in [0.15, 0.2) is 18.2 Å². The van der Waals surface area contributed by atoms with Crippen LogP contribution >= 0.6 is 0 Å². The molecule has 5 atom stereocenters. The SMILES string of the molecule is C[C@H]1CC[C@H]2C3CCc4cc(O)ccc4[C@H]3CC[C@]12C. The van der Waals surface area contributed by atoms with Crippen LogP contribution in [0.1, 0.15) is 63.0 Å². The molecule has 20 heavy (non-hydrogen) atoms. The van der Waals surface area contributed by atoms with Gasteiger partial charge < -0.3 is 5.11 Å². The second-order valence-electron chi connectivity index (χ2n) is 7.82. The fraction of sp³-hybridized carbons (Fsp3) is 0.684. The summed E-state index contributed by atoms with van der Waals surface area (Å²) >= 11 is 0. The number of hydrogen-bond acceptors (Lipinski definition) is 1. The van der Waals surface area contributed by atoms with Crippen molar-refractivity contribution in [1.29, 1.82) is 0 Å². The van der Waals surface area contributed by atoms with Gasteiger partial charge in [0.1, 0.15) is 5.75 Å². The van der Waals surface area contributed by atoms with Crippen molar-refractivity contribution < 1.29 is 5.11 Å². The third-order valence-electron chi connectivity index (χ3n) is 7.18. The summed E-state index contributed by atoms with van der Waals surface area (Å²) < 4.78 is 0. The first-order valence-corrected chi connectivity index (χ1v) is 8.41. The second kappa shape index (κ2) is 4.26. The van der Waals surface area contributed by atoms with Crippen molar-refractivity contribution in [1.82, 2.24) is 0 Å². The van der Waals surface area contributed by atoms with Gasteiger partial charge in [0.2, 0.25) is 0 Å². The van der Waals surface area contributed by atoms with Crippen LogP contribution in [0, 0.1) is 23.2 Å². The summed E-state index contributed by atoms with van der Waals surface area (Å²) in [6.07, 6.45) is 8.17. The molecule has 0 bridgehead atoms. The molecule has 0 heterocycles. The summed E-state index contributed by atoms with van der Waals surface area (Å²) in [7, 11) is 0. The highest BCUT2D eigenvalue weighted by atomic mass is 16.3. The van der Waals surface area contributed by atoms with Gasteiger partial charge >= 0.3 is 0 Å². The minimum Gasteiger partial charge on any atom is -0.508 e. The average Bonchev–Trinajstić information content (AvgIpc) is 2.74. The summed E-state index contributed by atoms with van der Waals surface area (Å²) in [6.45, 7) is 5.05. The zero-order chi connectivity index (χ0) is 13.9. The second-order valence-corrected chi connectivity index (χ2v) is 7.82. The molecule has 4 rings (SSSR count). The lowest BCUT2D eigenvalue weighted by Gasteiger charge is -2.50. The van der Waals surface area contributed by atoms with Gasteiger partial charge in [-0.2, -0.15) is 0 Å². The van der Waals surface area contributed by atoms with Gasteiger partial charge in [-0.15, -0.1) is 0 Å². The van der Waals surface area contributed by atoms with E-state index in [0.717, 1.165) is 23.7 Å². The largest absolute Gasteiger partial charge is 0.508 e. The Bertz CT molecular complexity index is 535. The van der Waals surface area contributed by atoms with E-state index in [1.807, 2.05) is 12.1 Å². The average molecular weight is 270 g/mol. The molecule has 0 amide bonds. The molecule has 0 aromatic heterocycles. The highest BCUT2D eigenvalue weighted by molar-refractivity contribution is 5.40. The van der Waals surface area contributed by atoms with Gasteiger partial charge in [-0.3, -0.25) is 0 Å². The number of phenols is 1. The van der Waals surface area contributed by atoms with Crippen LogP contribution in [-0.4, -0.2) is 5.11 Å². The van der Waals surface area contributed by atoms with Gasteiger partial charge in [0, 0.05) is 0 Å². The number of fused-ring (bicyclic) bond motifs is 5. The van der Waals surface area contributed by atoms with Crippen LogP contribution in [-0.2, 0) is 6.42 Å². The van der Waals surface area contributed by atoms with E-state index in [1.165, 1.54) is 44.1 Å². The molecule has 0 spiro atoms. The molecule has 0 aliphatic heterocycles. The van der Waals surface area contributed by atoms with Crippen molar-refractivity contribution in [3.05, 3.63) is 29.3 Å². The zero-order valence-corrected chi connectivity index (χ0v) is 12.7. The van der Waals surface area contributed by atoms with E-state index in [2.05, 4.69) is 19.9 Å². The van der Waals surface area contributed by atoms with Crippen molar-refractivity contribution >= 4 is 0 Å². The first-order chi connectivity index (χ1) is 9.59. The Balaban J connectivity index is 1.71. The predicted octanol–water partition coefficient (Wildman–Crippen LogP) is 4.88. The normalized spacial score (nSPS) is 42.7. The predicted molar refractivity (Wildman–Crippen MR) is 81.9 cm³/mol. The topological polar surface area (TPSA) is 20.2 Å². The van der Waals surface area contributed by atoms with E-state index < -0.39 is 0 Å².